The van der Waals surface area contributed by atoms with Gasteiger partial charge in [0.15, 0.2) is 37.8 Å². The zero-order valence-corrected chi connectivity index (χ0v) is 18.3. The fraction of sp³-hybridized carbons (Fsp3) is 0.385. The van der Waals surface area contributed by atoms with Crippen molar-refractivity contribution in [2.75, 3.05) is 12.0 Å². The topological polar surface area (TPSA) is 149 Å². The Labute approximate surface area is 180 Å². The predicted molar refractivity (Wildman–Crippen MR) is 99.3 cm³/mol. The smallest absolute Gasteiger partial charge is 0.485 e. The minimum atomic E-state index is -6.09. The van der Waals surface area contributed by atoms with Gasteiger partial charge in [-0.2, -0.15) is 26.3 Å². The van der Waals surface area contributed by atoms with E-state index in [4.69, 9.17) is 25.9 Å². The van der Waals surface area contributed by atoms with E-state index in [1.165, 1.54) is 5.56 Å². The van der Waals surface area contributed by atoms with Crippen molar-refractivity contribution in [2.45, 2.75) is 17.4 Å². The van der Waals surface area contributed by atoms with Crippen LogP contribution in [-0.4, -0.2) is 64.1 Å². The quantitative estimate of drug-likeness (QED) is 0.0906. The molecule has 1 aliphatic heterocycles. The number of nitrogens with one attached hydrogen (secondary N) is 1. The van der Waals surface area contributed by atoms with E-state index in [2.05, 4.69) is 17.3 Å². The first kappa shape index (κ1) is 29.5. The Kier molecular flexibility index (Phi) is 10.9. The zero-order chi connectivity index (χ0) is 24.7. The van der Waals surface area contributed by atoms with Crippen LogP contribution in [0.3, 0.4) is 0 Å². The number of benzene rings is 1. The summed E-state index contributed by atoms with van der Waals surface area (Å²) in [6.45, 7) is 0. The molecule has 0 amide bonds. The summed E-state index contributed by atoms with van der Waals surface area (Å²) in [5, 5.41) is 11.6. The molecule has 0 radical (unpaired) electrons. The second-order valence-electron chi connectivity index (χ2n) is 5.03. The van der Waals surface area contributed by atoms with Crippen molar-refractivity contribution < 1.29 is 62.6 Å². The summed E-state index contributed by atoms with van der Waals surface area (Å²) in [6, 6.07) is 8.22. The molecule has 0 saturated carbocycles. The first-order chi connectivity index (χ1) is 13.9. The van der Waals surface area contributed by atoms with Gasteiger partial charge in [-0.1, -0.05) is 30.0 Å². The van der Waals surface area contributed by atoms with Gasteiger partial charge in [0.1, 0.15) is 0 Å². The number of hydrogen-bond donors (Lipinski definition) is 2. The molecule has 0 aromatic heterocycles. The van der Waals surface area contributed by atoms with Gasteiger partial charge in [0.25, 0.3) is 0 Å². The highest BCUT2D eigenvalue weighted by molar-refractivity contribution is 8.24. The van der Waals surface area contributed by atoms with Crippen molar-refractivity contribution in [1.29, 1.82) is 0 Å². The Bertz CT molecular complexity index is 976. The van der Waals surface area contributed by atoms with Gasteiger partial charge in [-0.05, 0) is 23.2 Å². The van der Waals surface area contributed by atoms with E-state index in [9.17, 15) is 31.5 Å². The van der Waals surface area contributed by atoms with Crippen molar-refractivity contribution in [3.05, 3.63) is 35.4 Å². The van der Waals surface area contributed by atoms with Crippen LogP contribution in [0.25, 0.3) is 0 Å². The number of fused-ring (bicyclic) bond motifs is 1. The van der Waals surface area contributed by atoms with Crippen LogP contribution in [0, 0.1) is 0 Å². The van der Waals surface area contributed by atoms with Gasteiger partial charge >= 0.3 is 20.9 Å². The lowest BCUT2D eigenvalue weighted by molar-refractivity contribution is -0.735. The molecule has 0 fully saturated rings. The minimum Gasteiger partial charge on any atom is -0.741 e. The molecule has 2 rings (SSSR count). The standard InChI is InChI=1S/C11H11NOS2.2CHF3O3S/c1-14-11-10(12-13)9-5-3-2-4-8(9)6-7-15-11;2*2-1(3,4)8(5,6)7/h2-5H,6-7H2,1H3;2*(H,5,6,7)/b12-10-;;. The van der Waals surface area contributed by atoms with Crippen molar-refractivity contribution in [2.24, 2.45) is 0 Å². The Balaban J connectivity index is 0.000000483. The van der Waals surface area contributed by atoms with E-state index in [1.54, 1.807) is 23.1 Å². The molecule has 0 spiro atoms. The van der Waals surface area contributed by atoms with Crippen molar-refractivity contribution >= 4 is 53.3 Å². The predicted octanol–water partition coefficient (Wildman–Crippen LogP) is 0.180. The van der Waals surface area contributed by atoms with Gasteiger partial charge in [-0.25, -0.2) is 16.8 Å². The summed E-state index contributed by atoms with van der Waals surface area (Å²) in [7, 11) is -12.2. The van der Waals surface area contributed by atoms with E-state index in [-0.39, 0.29) is 0 Å². The number of alkyl halides is 6. The summed E-state index contributed by atoms with van der Waals surface area (Å²) < 4.78 is 119. The van der Waals surface area contributed by atoms with Gasteiger partial charge in [-0.15, -0.1) is 0 Å². The maximum absolute atomic E-state index is 10.7. The molecular weight excluding hydrogens is 524 g/mol. The summed E-state index contributed by atoms with van der Waals surface area (Å²) in [5.74, 6) is 1.07. The average Bonchev–Trinajstić information content (AvgIpc) is 2.77. The number of aryl methyl sites for hydroxylation is 1. The van der Waals surface area contributed by atoms with Crippen LogP contribution in [-0.2, 0) is 38.0 Å². The molecule has 1 heterocycles. The summed E-state index contributed by atoms with van der Waals surface area (Å²) >= 11 is 3.47. The van der Waals surface area contributed by atoms with Crippen molar-refractivity contribution in [3.63, 3.8) is 0 Å². The van der Waals surface area contributed by atoms with Crippen LogP contribution in [0.5, 0.6) is 0 Å². The SMILES string of the molecule is C[S+]=C1SCCc2ccccc2/C1=[NH+]/O.O=S(=O)([O-])C(F)(F)F.O=S(=O)([O-])C(F)(F)F. The van der Waals surface area contributed by atoms with Crippen LogP contribution < -0.4 is 5.16 Å². The summed E-state index contributed by atoms with van der Waals surface area (Å²) in [6.07, 6.45) is 3.09. The van der Waals surface area contributed by atoms with E-state index >= 15 is 0 Å². The normalized spacial score (nSPS) is 17.6. The maximum Gasteiger partial charge on any atom is 0.485 e. The first-order valence-electron chi connectivity index (χ1n) is 7.30. The molecule has 2 N–H and O–H groups in total. The second-order valence-corrected chi connectivity index (χ2v) is 9.96. The summed E-state index contributed by atoms with van der Waals surface area (Å²) in [4.78, 5) is 0. The number of hydrogen-bond acceptors (Lipinski definition) is 8. The molecule has 0 bridgehead atoms. The molecule has 178 valence electrons. The highest BCUT2D eigenvalue weighted by Crippen LogP contribution is 2.21. The molecule has 1 aromatic carbocycles. The average molecular weight is 538 g/mol. The Morgan fingerprint density at radius 3 is 1.77 bits per heavy atom. The third-order valence-electron chi connectivity index (χ3n) is 2.96. The van der Waals surface area contributed by atoms with Crippen LogP contribution >= 0.6 is 11.8 Å². The van der Waals surface area contributed by atoms with Gasteiger partial charge in [-0.3, -0.25) is 5.21 Å². The highest BCUT2D eigenvalue weighted by atomic mass is 32.2. The number of thioether (sulfide) groups is 1. The lowest BCUT2D eigenvalue weighted by atomic mass is 10.0. The van der Waals surface area contributed by atoms with Crippen molar-refractivity contribution in [1.82, 2.24) is 0 Å². The van der Waals surface area contributed by atoms with Crippen LogP contribution in [0.2, 0.25) is 0 Å². The number of rotatable bonds is 0. The van der Waals surface area contributed by atoms with E-state index < -0.39 is 31.3 Å². The first-order valence-corrected chi connectivity index (χ1v) is 12.3. The molecule has 0 aliphatic carbocycles. The lowest BCUT2D eigenvalue weighted by Gasteiger charge is -2.08. The molecule has 18 heteroatoms. The van der Waals surface area contributed by atoms with Gasteiger partial charge < -0.3 is 9.11 Å². The third kappa shape index (κ3) is 9.69. The molecule has 8 nitrogen and oxygen atoms in total. The second kappa shape index (κ2) is 11.4. The van der Waals surface area contributed by atoms with Crippen LogP contribution in [0.4, 0.5) is 26.3 Å². The zero-order valence-electron chi connectivity index (χ0n) is 15.0. The van der Waals surface area contributed by atoms with Gasteiger partial charge in [0.2, 0.25) is 0 Å². The molecular formula is C13H13F6NO7S4. The molecule has 0 unspecified atom stereocenters. The number of halogens is 6. The molecule has 0 atom stereocenters. The molecule has 31 heavy (non-hydrogen) atoms. The molecule has 1 aliphatic rings. The fourth-order valence-corrected chi connectivity index (χ4v) is 3.57. The third-order valence-corrected chi connectivity index (χ3v) is 6.40. The minimum absolute atomic E-state index is 0.848. The van der Waals surface area contributed by atoms with Crippen LogP contribution in [0.1, 0.15) is 11.1 Å². The molecule has 1 aromatic rings. The van der Waals surface area contributed by atoms with Crippen LogP contribution in [0.15, 0.2) is 24.3 Å². The van der Waals surface area contributed by atoms with Gasteiger partial charge in [0.05, 0.1) is 5.56 Å². The Morgan fingerprint density at radius 2 is 1.42 bits per heavy atom. The Morgan fingerprint density at radius 1 is 1.00 bits per heavy atom. The fourth-order valence-electron chi connectivity index (χ4n) is 1.68. The lowest BCUT2D eigenvalue weighted by Crippen LogP contribution is -2.71. The van der Waals surface area contributed by atoms with E-state index in [1.807, 2.05) is 18.4 Å². The van der Waals surface area contributed by atoms with Crippen molar-refractivity contribution in [3.8, 4) is 0 Å². The highest BCUT2D eigenvalue weighted by Gasteiger charge is 2.37. The maximum atomic E-state index is 10.7. The Hall–Kier alpha value is -1.47. The van der Waals surface area contributed by atoms with E-state index in [0.717, 1.165) is 27.6 Å². The summed E-state index contributed by atoms with van der Waals surface area (Å²) in [5.41, 5.74) is -8.03. The van der Waals surface area contributed by atoms with Gasteiger partial charge in [0, 0.05) is 5.75 Å². The largest absolute Gasteiger partial charge is 0.741 e. The van der Waals surface area contributed by atoms with E-state index in [0.29, 0.717) is 0 Å². The monoisotopic (exact) mass is 537 g/mol. The molecule has 0 saturated heterocycles.